The van der Waals surface area contributed by atoms with Crippen LogP contribution in [0.15, 0.2) is 41.4 Å². The smallest absolute Gasteiger partial charge is 0.416 e. The molecule has 1 aliphatic rings. The molecule has 0 bridgehead atoms. The Morgan fingerprint density at radius 1 is 0.963 bits per heavy atom. The van der Waals surface area contributed by atoms with E-state index in [-0.39, 0.29) is 12.4 Å². The van der Waals surface area contributed by atoms with Crippen LogP contribution >= 0.6 is 12.4 Å². The molecule has 3 rings (SSSR count). The monoisotopic (exact) mass is 399 g/mol. The molecule has 2 aromatic rings. The van der Waals surface area contributed by atoms with Crippen molar-refractivity contribution in [2.24, 2.45) is 4.99 Å². The standard InChI is InChI=1S/C20H20F3NO2.ClH/c1-25-18-11-14-9-10-24-17(16(14)12-19(18)26-2)8-5-13-3-6-15(7-4-13)20(21,22)23;/h3-4,6-7,11-12H,5,8-10H2,1-2H3;1H. The van der Waals surface area contributed by atoms with Crippen molar-refractivity contribution in [3.63, 3.8) is 0 Å². The molecule has 1 aliphatic heterocycles. The molecule has 0 saturated heterocycles. The van der Waals surface area contributed by atoms with E-state index in [2.05, 4.69) is 4.99 Å². The molecule has 2 aromatic carbocycles. The average molecular weight is 400 g/mol. The first kappa shape index (κ1) is 21.1. The van der Waals surface area contributed by atoms with Gasteiger partial charge in [-0.25, -0.2) is 0 Å². The number of hydrogen-bond acceptors (Lipinski definition) is 3. The molecule has 7 heteroatoms. The maximum Gasteiger partial charge on any atom is 0.416 e. The van der Waals surface area contributed by atoms with Crippen molar-refractivity contribution < 1.29 is 22.6 Å². The maximum atomic E-state index is 12.7. The summed E-state index contributed by atoms with van der Waals surface area (Å²) in [6.45, 7) is 0.699. The van der Waals surface area contributed by atoms with Crippen LogP contribution < -0.4 is 9.47 Å². The molecule has 0 radical (unpaired) electrons. The van der Waals surface area contributed by atoms with Crippen LogP contribution in [0, 0.1) is 0 Å². The highest BCUT2D eigenvalue weighted by Gasteiger charge is 2.29. The van der Waals surface area contributed by atoms with Gasteiger partial charge in [0.2, 0.25) is 0 Å². The molecule has 0 N–H and O–H groups in total. The van der Waals surface area contributed by atoms with Crippen LogP contribution in [0.25, 0.3) is 0 Å². The van der Waals surface area contributed by atoms with Crippen molar-refractivity contribution in [2.45, 2.75) is 25.4 Å². The summed E-state index contributed by atoms with van der Waals surface area (Å²) in [5.74, 6) is 1.34. The molecule has 0 unspecified atom stereocenters. The Morgan fingerprint density at radius 3 is 2.19 bits per heavy atom. The Hall–Kier alpha value is -2.21. The number of nitrogens with zero attached hydrogens (tertiary/aromatic N) is 1. The van der Waals surface area contributed by atoms with Gasteiger partial charge in [0.05, 0.1) is 19.8 Å². The predicted octanol–water partition coefficient (Wildman–Crippen LogP) is 5.12. The highest BCUT2D eigenvalue weighted by molar-refractivity contribution is 6.03. The van der Waals surface area contributed by atoms with Gasteiger partial charge in [-0.05, 0) is 54.7 Å². The molecule has 0 saturated carbocycles. The lowest BCUT2D eigenvalue weighted by Crippen LogP contribution is -2.14. The highest BCUT2D eigenvalue weighted by Crippen LogP contribution is 2.33. The quantitative estimate of drug-likeness (QED) is 0.698. The van der Waals surface area contributed by atoms with Crippen LogP contribution in [-0.2, 0) is 19.0 Å². The van der Waals surface area contributed by atoms with Crippen LogP contribution in [0.2, 0.25) is 0 Å². The molecule has 0 spiro atoms. The minimum Gasteiger partial charge on any atom is -0.493 e. The van der Waals surface area contributed by atoms with Crippen molar-refractivity contribution in [1.82, 2.24) is 0 Å². The first-order valence-electron chi connectivity index (χ1n) is 8.37. The van der Waals surface area contributed by atoms with Crippen molar-refractivity contribution in [3.8, 4) is 11.5 Å². The number of aliphatic imine (C=N–C) groups is 1. The molecule has 146 valence electrons. The van der Waals surface area contributed by atoms with E-state index in [4.69, 9.17) is 9.47 Å². The number of hydrogen-bond donors (Lipinski definition) is 0. The van der Waals surface area contributed by atoms with Crippen molar-refractivity contribution in [1.29, 1.82) is 0 Å². The third-order valence-electron chi connectivity index (χ3n) is 4.54. The summed E-state index contributed by atoms with van der Waals surface area (Å²) in [6.07, 6.45) is -2.18. The zero-order valence-corrected chi connectivity index (χ0v) is 15.9. The van der Waals surface area contributed by atoms with Crippen LogP contribution in [0.5, 0.6) is 11.5 Å². The van der Waals surface area contributed by atoms with Gasteiger partial charge in [0.25, 0.3) is 0 Å². The van der Waals surface area contributed by atoms with Gasteiger partial charge in [0, 0.05) is 17.8 Å². The molecule has 0 aliphatic carbocycles. The Balaban J connectivity index is 0.00000261. The number of halogens is 4. The second-order valence-corrected chi connectivity index (χ2v) is 6.14. The van der Waals surface area contributed by atoms with Gasteiger partial charge in [-0.3, -0.25) is 4.99 Å². The number of aryl methyl sites for hydroxylation is 1. The zero-order valence-electron chi connectivity index (χ0n) is 15.1. The molecular formula is C20H21ClF3NO2. The Kier molecular flexibility index (Phi) is 6.76. The van der Waals surface area contributed by atoms with Crippen LogP contribution in [-0.4, -0.2) is 26.5 Å². The fourth-order valence-corrected chi connectivity index (χ4v) is 3.13. The number of methoxy groups -OCH3 is 2. The van der Waals surface area contributed by atoms with E-state index in [0.29, 0.717) is 30.9 Å². The maximum absolute atomic E-state index is 12.7. The summed E-state index contributed by atoms with van der Waals surface area (Å²) in [4.78, 5) is 4.61. The van der Waals surface area contributed by atoms with Gasteiger partial charge in [-0.2, -0.15) is 13.2 Å². The normalized spacial score (nSPS) is 13.3. The van der Waals surface area contributed by atoms with Crippen molar-refractivity contribution >= 4 is 18.1 Å². The van der Waals surface area contributed by atoms with E-state index < -0.39 is 11.7 Å². The first-order chi connectivity index (χ1) is 12.4. The summed E-state index contributed by atoms with van der Waals surface area (Å²) in [5.41, 5.74) is 3.36. The summed E-state index contributed by atoms with van der Waals surface area (Å²) in [6, 6.07) is 9.21. The number of rotatable bonds is 5. The summed E-state index contributed by atoms with van der Waals surface area (Å²) >= 11 is 0. The van der Waals surface area contributed by atoms with E-state index in [9.17, 15) is 13.2 Å². The second kappa shape index (κ2) is 8.65. The lowest BCUT2D eigenvalue weighted by molar-refractivity contribution is -0.137. The molecule has 1 heterocycles. The predicted molar refractivity (Wildman–Crippen MR) is 102 cm³/mol. The summed E-state index contributed by atoms with van der Waals surface area (Å²) in [5, 5.41) is 0. The van der Waals surface area contributed by atoms with Gasteiger partial charge in [0.15, 0.2) is 11.5 Å². The van der Waals surface area contributed by atoms with E-state index >= 15 is 0 Å². The van der Waals surface area contributed by atoms with Crippen LogP contribution in [0.4, 0.5) is 13.2 Å². The molecule has 3 nitrogen and oxygen atoms in total. The summed E-state index contributed by atoms with van der Waals surface area (Å²) in [7, 11) is 3.19. The fourth-order valence-electron chi connectivity index (χ4n) is 3.13. The van der Waals surface area contributed by atoms with E-state index in [1.54, 1.807) is 14.2 Å². The highest BCUT2D eigenvalue weighted by atomic mass is 35.5. The Morgan fingerprint density at radius 2 is 1.59 bits per heavy atom. The summed E-state index contributed by atoms with van der Waals surface area (Å²) < 4.78 is 48.7. The molecule has 0 fully saturated rings. The SMILES string of the molecule is COc1cc2c(cc1OC)C(CCc1ccc(C(F)(F)F)cc1)=NCC2.Cl. The number of fused-ring (bicyclic) bond motifs is 1. The third kappa shape index (κ3) is 4.75. The first-order valence-corrected chi connectivity index (χ1v) is 8.37. The minimum absolute atomic E-state index is 0. The van der Waals surface area contributed by atoms with Crippen molar-refractivity contribution in [3.05, 3.63) is 58.7 Å². The molecule has 0 atom stereocenters. The Bertz CT molecular complexity index is 817. The second-order valence-electron chi connectivity index (χ2n) is 6.14. The molecular weight excluding hydrogens is 379 g/mol. The third-order valence-corrected chi connectivity index (χ3v) is 4.54. The number of benzene rings is 2. The lowest BCUT2D eigenvalue weighted by Gasteiger charge is -2.20. The van der Waals surface area contributed by atoms with E-state index in [0.717, 1.165) is 41.0 Å². The van der Waals surface area contributed by atoms with Crippen molar-refractivity contribution in [2.75, 3.05) is 20.8 Å². The van der Waals surface area contributed by atoms with E-state index in [1.807, 2.05) is 12.1 Å². The van der Waals surface area contributed by atoms with Crippen LogP contribution in [0.1, 0.15) is 28.7 Å². The van der Waals surface area contributed by atoms with Gasteiger partial charge in [-0.1, -0.05) is 12.1 Å². The molecule has 0 amide bonds. The molecule has 27 heavy (non-hydrogen) atoms. The fraction of sp³-hybridized carbons (Fsp3) is 0.350. The lowest BCUT2D eigenvalue weighted by atomic mass is 9.93. The number of ether oxygens (including phenoxy) is 2. The minimum atomic E-state index is -4.31. The topological polar surface area (TPSA) is 30.8 Å². The van der Waals surface area contributed by atoms with E-state index in [1.165, 1.54) is 12.1 Å². The van der Waals surface area contributed by atoms with Gasteiger partial charge >= 0.3 is 6.18 Å². The zero-order chi connectivity index (χ0) is 18.7. The largest absolute Gasteiger partial charge is 0.493 e. The van der Waals surface area contributed by atoms with Gasteiger partial charge in [-0.15, -0.1) is 12.4 Å². The Labute approximate surface area is 162 Å². The van der Waals surface area contributed by atoms with Gasteiger partial charge in [0.1, 0.15) is 0 Å². The molecule has 0 aromatic heterocycles. The van der Waals surface area contributed by atoms with Gasteiger partial charge < -0.3 is 9.47 Å². The van der Waals surface area contributed by atoms with Crippen LogP contribution in [0.3, 0.4) is 0 Å². The average Bonchev–Trinajstić information content (AvgIpc) is 2.64. The number of alkyl halides is 3.